The number of nitrogens with one attached hydrogen (secondary N) is 1. The third-order valence-corrected chi connectivity index (χ3v) is 1.94. The first-order valence-electron chi connectivity index (χ1n) is 3.62. The Morgan fingerprint density at radius 2 is 2.09 bits per heavy atom. The summed E-state index contributed by atoms with van der Waals surface area (Å²) >= 11 is 0. The Morgan fingerprint density at radius 3 is 2.45 bits per heavy atom. The van der Waals surface area contributed by atoms with Gasteiger partial charge < -0.3 is 10.2 Å². The Hall–Kier alpha value is -1.06. The normalized spacial score (nSPS) is 17.5. The van der Waals surface area contributed by atoms with E-state index in [1.807, 2.05) is 0 Å². The zero-order valence-electron chi connectivity index (χ0n) is 6.76. The molecule has 0 radical (unpaired) electrons. The van der Waals surface area contributed by atoms with E-state index in [1.54, 1.807) is 11.9 Å². The summed E-state index contributed by atoms with van der Waals surface area (Å²) in [5.74, 6) is 0.0940. The van der Waals surface area contributed by atoms with Crippen LogP contribution in [0.5, 0.6) is 0 Å². The van der Waals surface area contributed by atoms with Crippen LogP contribution >= 0.6 is 0 Å². The molecule has 0 saturated carbocycles. The highest BCUT2D eigenvalue weighted by molar-refractivity contribution is 5.83. The zero-order chi connectivity index (χ0) is 8.43. The van der Waals surface area contributed by atoms with Crippen LogP contribution in [0.2, 0.25) is 0 Å². The van der Waals surface area contributed by atoms with Gasteiger partial charge in [0.1, 0.15) is 0 Å². The number of carbonyl (C=O) groups is 2. The maximum absolute atomic E-state index is 10.9. The summed E-state index contributed by atoms with van der Waals surface area (Å²) in [6.07, 6.45) is 0. The predicted octanol–water partition coefficient (Wildman–Crippen LogP) is -0.543. The molecule has 1 aliphatic heterocycles. The first kappa shape index (κ1) is 8.04. The van der Waals surface area contributed by atoms with Crippen molar-refractivity contribution >= 4 is 11.8 Å². The van der Waals surface area contributed by atoms with Crippen molar-refractivity contribution in [1.82, 2.24) is 10.2 Å². The molecule has 1 heterocycles. The van der Waals surface area contributed by atoms with E-state index in [4.69, 9.17) is 0 Å². The minimum Gasteiger partial charge on any atom is -0.359 e. The first-order valence-corrected chi connectivity index (χ1v) is 3.62. The number of carbonyl (C=O) groups excluding carboxylic acids is 2. The number of rotatable bonds is 1. The van der Waals surface area contributed by atoms with Crippen molar-refractivity contribution in [2.75, 3.05) is 20.1 Å². The van der Waals surface area contributed by atoms with Crippen LogP contribution < -0.4 is 5.32 Å². The lowest BCUT2D eigenvalue weighted by atomic mass is 9.99. The molecule has 1 fully saturated rings. The first-order chi connectivity index (χ1) is 5.15. The summed E-state index contributed by atoms with van der Waals surface area (Å²) < 4.78 is 0. The van der Waals surface area contributed by atoms with E-state index in [0.29, 0.717) is 13.1 Å². The van der Waals surface area contributed by atoms with Crippen molar-refractivity contribution in [1.29, 1.82) is 0 Å². The lowest BCUT2D eigenvalue weighted by molar-refractivity contribution is -0.141. The third kappa shape index (κ3) is 1.50. The van der Waals surface area contributed by atoms with Crippen LogP contribution in [-0.2, 0) is 9.59 Å². The van der Waals surface area contributed by atoms with Gasteiger partial charge in [0.05, 0.1) is 5.92 Å². The third-order valence-electron chi connectivity index (χ3n) is 1.94. The smallest absolute Gasteiger partial charge is 0.226 e. The molecule has 1 aliphatic rings. The van der Waals surface area contributed by atoms with Crippen LogP contribution in [0.1, 0.15) is 8.35 Å². The van der Waals surface area contributed by atoms with Crippen LogP contribution in [0.4, 0.5) is 0 Å². The fourth-order valence-electron chi connectivity index (χ4n) is 1.11. The van der Waals surface area contributed by atoms with E-state index in [1.165, 1.54) is 6.92 Å². The van der Waals surface area contributed by atoms with E-state index < -0.39 is 0 Å². The number of amides is 2. The predicted molar refractivity (Wildman–Crippen MR) is 41.9 cm³/mol. The van der Waals surface area contributed by atoms with Gasteiger partial charge in [0.25, 0.3) is 0 Å². The van der Waals surface area contributed by atoms with Gasteiger partial charge in [0.15, 0.2) is 0 Å². The fraction of sp³-hybridized carbons (Fsp3) is 0.714. The highest BCUT2D eigenvalue weighted by atomic mass is 16.2. The molecular weight excluding hydrogens is 144 g/mol. The van der Waals surface area contributed by atoms with Crippen molar-refractivity contribution in [3.8, 4) is 0 Å². The molecule has 0 aromatic carbocycles. The van der Waals surface area contributed by atoms with Gasteiger partial charge >= 0.3 is 0 Å². The van der Waals surface area contributed by atoms with Crippen LogP contribution in [0.25, 0.3) is 0 Å². The van der Waals surface area contributed by atoms with Gasteiger partial charge in [-0.15, -0.1) is 0 Å². The topological polar surface area (TPSA) is 49.4 Å². The lowest BCUT2D eigenvalue weighted by Crippen LogP contribution is -2.54. The van der Waals surface area contributed by atoms with E-state index in [0.717, 1.165) is 0 Å². The Kier molecular flexibility index (Phi) is 2.12. The maximum Gasteiger partial charge on any atom is 0.226 e. The van der Waals surface area contributed by atoms with Crippen LogP contribution in [0.15, 0.2) is 0 Å². The molecule has 0 unspecified atom stereocenters. The van der Waals surface area contributed by atoms with Crippen molar-refractivity contribution in [2.24, 2.45) is 5.92 Å². The lowest BCUT2D eigenvalue weighted by Gasteiger charge is -2.37. The largest absolute Gasteiger partial charge is 0.359 e. The molecule has 0 atom stereocenters. The van der Waals surface area contributed by atoms with Gasteiger partial charge in [-0.05, 0) is 0 Å². The summed E-state index contributed by atoms with van der Waals surface area (Å²) in [5.41, 5.74) is 0. The number of likely N-dealkylation sites (tertiary alicyclic amines) is 1. The van der Waals surface area contributed by atoms with Gasteiger partial charge in [-0.3, -0.25) is 9.59 Å². The molecule has 0 aromatic rings. The van der Waals surface area contributed by atoms with Crippen molar-refractivity contribution in [3.63, 3.8) is 0 Å². The quantitative estimate of drug-likeness (QED) is 0.557. The molecule has 0 aliphatic carbocycles. The number of hydrogen-bond acceptors (Lipinski definition) is 2. The van der Waals surface area contributed by atoms with Crippen LogP contribution in [0, 0.1) is 5.92 Å². The second-order valence-electron chi connectivity index (χ2n) is 2.74. The molecule has 2 amide bonds. The minimum absolute atomic E-state index is 0. The van der Waals surface area contributed by atoms with Gasteiger partial charge in [-0.25, -0.2) is 0 Å². The molecule has 0 bridgehead atoms. The Balaban J connectivity index is 0.00000121. The van der Waals surface area contributed by atoms with Gasteiger partial charge in [-0.1, -0.05) is 0 Å². The maximum atomic E-state index is 10.9. The molecule has 4 nitrogen and oxygen atoms in total. The van der Waals surface area contributed by atoms with Crippen molar-refractivity contribution in [3.05, 3.63) is 0 Å². The Morgan fingerprint density at radius 1 is 1.55 bits per heavy atom. The fourth-order valence-corrected chi connectivity index (χ4v) is 1.11. The Labute approximate surface area is 67.0 Å². The number of nitrogens with zero attached hydrogens (tertiary/aromatic N) is 1. The summed E-state index contributed by atoms with van der Waals surface area (Å²) in [6, 6.07) is 0. The molecule has 64 valence electrons. The highest BCUT2D eigenvalue weighted by Crippen LogP contribution is 2.14. The average molecular weight is 158 g/mol. The standard InChI is InChI=1S/C7H12N2O2.H2/c1-5(10)9-3-6(4-9)7(11)8-2;/h6H,3-4H2,1-2H3,(H,8,11);1H. The molecule has 1 N–H and O–H groups in total. The molecule has 0 spiro atoms. The molecule has 1 saturated heterocycles. The molecule has 11 heavy (non-hydrogen) atoms. The van der Waals surface area contributed by atoms with Gasteiger partial charge in [0, 0.05) is 28.5 Å². The molecule has 0 aromatic heterocycles. The van der Waals surface area contributed by atoms with Crippen LogP contribution in [-0.4, -0.2) is 36.9 Å². The van der Waals surface area contributed by atoms with E-state index in [2.05, 4.69) is 5.32 Å². The monoisotopic (exact) mass is 158 g/mol. The average Bonchev–Trinajstić information content (AvgIpc) is 1.83. The van der Waals surface area contributed by atoms with E-state index >= 15 is 0 Å². The van der Waals surface area contributed by atoms with E-state index in [-0.39, 0.29) is 19.2 Å². The second kappa shape index (κ2) is 2.90. The van der Waals surface area contributed by atoms with E-state index in [9.17, 15) is 9.59 Å². The summed E-state index contributed by atoms with van der Waals surface area (Å²) in [4.78, 5) is 23.2. The van der Waals surface area contributed by atoms with Gasteiger partial charge in [-0.2, -0.15) is 0 Å². The minimum atomic E-state index is 0. The number of hydrogen-bond donors (Lipinski definition) is 1. The van der Waals surface area contributed by atoms with Crippen LogP contribution in [0.3, 0.4) is 0 Å². The SMILES string of the molecule is CNC(=O)C1CN(C(C)=O)C1.[HH]. The highest BCUT2D eigenvalue weighted by Gasteiger charge is 2.33. The van der Waals surface area contributed by atoms with Gasteiger partial charge in [0.2, 0.25) is 11.8 Å². The Bertz CT molecular complexity index is 190. The summed E-state index contributed by atoms with van der Waals surface area (Å²) in [5, 5.41) is 2.55. The molecule has 1 rings (SSSR count). The molecular formula is C7H14N2O2. The zero-order valence-corrected chi connectivity index (χ0v) is 6.76. The molecule has 4 heteroatoms. The second-order valence-corrected chi connectivity index (χ2v) is 2.74. The van der Waals surface area contributed by atoms with Crippen molar-refractivity contribution < 1.29 is 11.0 Å². The van der Waals surface area contributed by atoms with Crippen molar-refractivity contribution in [2.45, 2.75) is 6.92 Å². The summed E-state index contributed by atoms with van der Waals surface area (Å²) in [6.45, 7) is 2.67. The summed E-state index contributed by atoms with van der Waals surface area (Å²) in [7, 11) is 1.61.